The van der Waals surface area contributed by atoms with Crippen molar-refractivity contribution in [1.29, 1.82) is 0 Å². The largest absolute Gasteiger partial charge is 0.376 e. The summed E-state index contributed by atoms with van der Waals surface area (Å²) in [6.45, 7) is 8.37. The van der Waals surface area contributed by atoms with Crippen LogP contribution in [0.2, 0.25) is 5.02 Å². The van der Waals surface area contributed by atoms with Crippen LogP contribution in [0.5, 0.6) is 0 Å². The third-order valence-electron chi connectivity index (χ3n) is 3.92. The highest BCUT2D eigenvalue weighted by Crippen LogP contribution is 2.20. The SMILES string of the molecule is CCN(CC)c1ccc(NCC(=O)Nc2cc(Cl)ccc2C)cc1. The highest BCUT2D eigenvalue weighted by molar-refractivity contribution is 6.31. The zero-order valence-electron chi connectivity index (χ0n) is 14.4. The number of benzene rings is 2. The Morgan fingerprint density at radius 3 is 2.38 bits per heavy atom. The molecule has 4 nitrogen and oxygen atoms in total. The Morgan fingerprint density at radius 2 is 1.75 bits per heavy atom. The molecule has 1 amide bonds. The van der Waals surface area contributed by atoms with Gasteiger partial charge in [0.1, 0.15) is 0 Å². The van der Waals surface area contributed by atoms with Crippen LogP contribution >= 0.6 is 11.6 Å². The van der Waals surface area contributed by atoms with Gasteiger partial charge in [-0.05, 0) is 62.7 Å². The molecule has 2 rings (SSSR count). The van der Waals surface area contributed by atoms with E-state index in [1.165, 1.54) is 5.69 Å². The number of nitrogens with one attached hydrogen (secondary N) is 2. The van der Waals surface area contributed by atoms with E-state index in [1.54, 1.807) is 6.07 Å². The monoisotopic (exact) mass is 345 g/mol. The van der Waals surface area contributed by atoms with Crippen molar-refractivity contribution in [1.82, 2.24) is 0 Å². The number of aryl methyl sites for hydroxylation is 1. The third-order valence-corrected chi connectivity index (χ3v) is 4.16. The summed E-state index contributed by atoms with van der Waals surface area (Å²) in [4.78, 5) is 14.4. The van der Waals surface area contributed by atoms with Gasteiger partial charge >= 0.3 is 0 Å². The molecule has 0 unspecified atom stereocenters. The average Bonchev–Trinajstić information content (AvgIpc) is 2.58. The van der Waals surface area contributed by atoms with Gasteiger partial charge in [0.2, 0.25) is 5.91 Å². The smallest absolute Gasteiger partial charge is 0.243 e. The van der Waals surface area contributed by atoms with Crippen molar-refractivity contribution in [3.63, 3.8) is 0 Å². The van der Waals surface area contributed by atoms with E-state index in [-0.39, 0.29) is 12.5 Å². The Balaban J connectivity index is 1.91. The van der Waals surface area contributed by atoms with Gasteiger partial charge in [-0.2, -0.15) is 0 Å². The molecule has 2 N–H and O–H groups in total. The lowest BCUT2D eigenvalue weighted by molar-refractivity contribution is -0.114. The quantitative estimate of drug-likeness (QED) is 0.774. The molecule has 0 aliphatic rings. The zero-order chi connectivity index (χ0) is 17.5. The Kier molecular flexibility index (Phi) is 6.50. The maximum atomic E-state index is 12.1. The molecule has 0 radical (unpaired) electrons. The Hall–Kier alpha value is -2.20. The lowest BCUT2D eigenvalue weighted by Crippen LogP contribution is -2.23. The summed E-state index contributed by atoms with van der Waals surface area (Å²) in [6, 6.07) is 13.6. The van der Waals surface area contributed by atoms with Crippen LogP contribution in [0.3, 0.4) is 0 Å². The molecule has 2 aromatic rings. The summed E-state index contributed by atoms with van der Waals surface area (Å²) < 4.78 is 0. The first-order chi connectivity index (χ1) is 11.5. The normalized spacial score (nSPS) is 10.3. The van der Waals surface area contributed by atoms with Gasteiger partial charge in [-0.15, -0.1) is 0 Å². The minimum absolute atomic E-state index is 0.104. The van der Waals surface area contributed by atoms with E-state index in [1.807, 2.05) is 31.2 Å². The Labute approximate surface area is 148 Å². The molecule has 0 saturated heterocycles. The molecule has 0 atom stereocenters. The fourth-order valence-corrected chi connectivity index (χ4v) is 2.66. The third kappa shape index (κ3) is 4.90. The van der Waals surface area contributed by atoms with E-state index < -0.39 is 0 Å². The van der Waals surface area contributed by atoms with Crippen LogP contribution in [-0.2, 0) is 4.79 Å². The molecule has 0 aliphatic heterocycles. The van der Waals surface area contributed by atoms with Gasteiger partial charge in [-0.1, -0.05) is 17.7 Å². The van der Waals surface area contributed by atoms with Crippen LogP contribution in [-0.4, -0.2) is 25.5 Å². The molecule has 24 heavy (non-hydrogen) atoms. The van der Waals surface area contributed by atoms with Crippen molar-refractivity contribution in [2.24, 2.45) is 0 Å². The number of hydrogen-bond acceptors (Lipinski definition) is 3. The van der Waals surface area contributed by atoms with Gasteiger partial charge in [-0.25, -0.2) is 0 Å². The van der Waals surface area contributed by atoms with Crippen LogP contribution in [0.4, 0.5) is 17.1 Å². The van der Waals surface area contributed by atoms with Gasteiger partial charge in [0, 0.05) is 35.2 Å². The van der Waals surface area contributed by atoms with E-state index in [0.717, 1.165) is 30.0 Å². The van der Waals surface area contributed by atoms with Crippen LogP contribution in [0.25, 0.3) is 0 Å². The molecule has 0 spiro atoms. The second kappa shape index (κ2) is 8.60. The van der Waals surface area contributed by atoms with Crippen LogP contribution < -0.4 is 15.5 Å². The minimum Gasteiger partial charge on any atom is -0.376 e. The second-order valence-corrected chi connectivity index (χ2v) is 6.02. The number of hydrogen-bond donors (Lipinski definition) is 2. The Morgan fingerprint density at radius 1 is 1.08 bits per heavy atom. The van der Waals surface area contributed by atoms with E-state index in [0.29, 0.717) is 5.02 Å². The molecule has 5 heteroatoms. The molecule has 2 aromatic carbocycles. The van der Waals surface area contributed by atoms with E-state index in [2.05, 4.69) is 41.5 Å². The van der Waals surface area contributed by atoms with Crippen LogP contribution in [0.1, 0.15) is 19.4 Å². The maximum absolute atomic E-state index is 12.1. The van der Waals surface area contributed by atoms with Gasteiger partial charge in [-0.3, -0.25) is 4.79 Å². The predicted molar refractivity (Wildman–Crippen MR) is 103 cm³/mol. The highest BCUT2D eigenvalue weighted by atomic mass is 35.5. The topological polar surface area (TPSA) is 44.4 Å². The van der Waals surface area contributed by atoms with Crippen molar-refractivity contribution in [2.45, 2.75) is 20.8 Å². The summed E-state index contributed by atoms with van der Waals surface area (Å²) in [5, 5.41) is 6.62. The summed E-state index contributed by atoms with van der Waals surface area (Å²) in [7, 11) is 0. The number of carbonyl (C=O) groups excluding carboxylic acids is 1. The fourth-order valence-electron chi connectivity index (χ4n) is 2.48. The number of nitrogens with zero attached hydrogens (tertiary/aromatic N) is 1. The number of rotatable bonds is 7. The molecule has 0 bridgehead atoms. The van der Waals surface area contributed by atoms with Crippen molar-refractivity contribution in [3.8, 4) is 0 Å². The van der Waals surface area contributed by atoms with E-state index >= 15 is 0 Å². The molecule has 0 saturated carbocycles. The summed E-state index contributed by atoms with van der Waals surface area (Å²) >= 11 is 5.97. The average molecular weight is 346 g/mol. The first-order valence-electron chi connectivity index (χ1n) is 8.18. The lowest BCUT2D eigenvalue weighted by Gasteiger charge is -2.21. The molecule has 128 valence electrons. The number of anilines is 3. The van der Waals surface area contributed by atoms with Gasteiger partial charge < -0.3 is 15.5 Å². The second-order valence-electron chi connectivity index (χ2n) is 5.58. The molecular formula is C19H24ClN3O. The van der Waals surface area contributed by atoms with E-state index in [9.17, 15) is 4.79 Å². The number of amides is 1. The molecule has 0 aliphatic carbocycles. The van der Waals surface area contributed by atoms with Crippen LogP contribution in [0, 0.1) is 6.92 Å². The molecular weight excluding hydrogens is 322 g/mol. The number of carbonyl (C=O) groups is 1. The van der Waals surface area contributed by atoms with Crippen molar-refractivity contribution >= 4 is 34.6 Å². The summed E-state index contributed by atoms with van der Waals surface area (Å²) in [5.74, 6) is -0.104. The lowest BCUT2D eigenvalue weighted by atomic mass is 10.2. The summed E-state index contributed by atoms with van der Waals surface area (Å²) in [5.41, 5.74) is 3.83. The number of halogens is 1. The zero-order valence-corrected chi connectivity index (χ0v) is 15.2. The molecule has 0 heterocycles. The first-order valence-corrected chi connectivity index (χ1v) is 8.56. The van der Waals surface area contributed by atoms with Gasteiger partial charge in [0.05, 0.1) is 6.54 Å². The van der Waals surface area contributed by atoms with Crippen molar-refractivity contribution in [3.05, 3.63) is 53.1 Å². The fraction of sp³-hybridized carbons (Fsp3) is 0.316. The maximum Gasteiger partial charge on any atom is 0.243 e. The molecule has 0 aromatic heterocycles. The standard InChI is InChI=1S/C19H24ClN3O/c1-4-23(5-2)17-10-8-16(9-11-17)21-13-19(24)22-18-12-15(20)7-6-14(18)3/h6-12,21H,4-5,13H2,1-3H3,(H,22,24). The Bertz CT molecular complexity index is 682. The van der Waals surface area contributed by atoms with Gasteiger partial charge in [0.15, 0.2) is 0 Å². The minimum atomic E-state index is -0.104. The molecule has 0 fully saturated rings. The first kappa shape index (κ1) is 18.1. The van der Waals surface area contributed by atoms with Crippen LogP contribution in [0.15, 0.2) is 42.5 Å². The van der Waals surface area contributed by atoms with E-state index in [4.69, 9.17) is 11.6 Å². The predicted octanol–water partition coefficient (Wildman–Crippen LogP) is 4.55. The highest BCUT2D eigenvalue weighted by Gasteiger charge is 2.06. The van der Waals surface area contributed by atoms with Crippen molar-refractivity contribution in [2.75, 3.05) is 35.2 Å². The van der Waals surface area contributed by atoms with Crippen molar-refractivity contribution < 1.29 is 4.79 Å². The van der Waals surface area contributed by atoms with Gasteiger partial charge in [0.25, 0.3) is 0 Å². The summed E-state index contributed by atoms with van der Waals surface area (Å²) in [6.07, 6.45) is 0.